The van der Waals surface area contributed by atoms with Crippen molar-refractivity contribution in [3.8, 4) is 0 Å². The Morgan fingerprint density at radius 1 is 1.35 bits per heavy atom. The monoisotopic (exact) mass is 236 g/mol. The van der Waals surface area contributed by atoms with E-state index in [1.54, 1.807) is 17.0 Å². The largest absolute Gasteiger partial charge is 0.392 e. The van der Waals surface area contributed by atoms with E-state index < -0.39 is 0 Å². The van der Waals surface area contributed by atoms with Gasteiger partial charge in [0.05, 0.1) is 19.8 Å². The van der Waals surface area contributed by atoms with E-state index in [0.717, 1.165) is 0 Å². The molecule has 1 saturated heterocycles. The minimum Gasteiger partial charge on any atom is -0.392 e. The second kappa shape index (κ2) is 5.65. The van der Waals surface area contributed by atoms with Crippen LogP contribution >= 0.6 is 0 Å². The van der Waals surface area contributed by atoms with Crippen LogP contribution in [0.15, 0.2) is 24.3 Å². The van der Waals surface area contributed by atoms with Gasteiger partial charge in [0.1, 0.15) is 0 Å². The molecule has 0 unspecified atom stereocenters. The van der Waals surface area contributed by atoms with Crippen LogP contribution in [-0.2, 0) is 11.3 Å². The van der Waals surface area contributed by atoms with Crippen molar-refractivity contribution in [2.75, 3.05) is 31.6 Å². The first-order chi connectivity index (χ1) is 8.31. The second-order valence-electron chi connectivity index (χ2n) is 3.84. The van der Waals surface area contributed by atoms with Crippen LogP contribution in [0.1, 0.15) is 5.56 Å². The predicted octanol–water partition coefficient (Wildman–Crippen LogP) is 1.04. The number of para-hydroxylation sites is 1. The van der Waals surface area contributed by atoms with Gasteiger partial charge in [0.15, 0.2) is 0 Å². The number of nitrogens with one attached hydrogen (secondary N) is 1. The Hall–Kier alpha value is -1.59. The fourth-order valence-electron chi connectivity index (χ4n) is 1.74. The summed E-state index contributed by atoms with van der Waals surface area (Å²) in [4.78, 5) is 13.6. The normalized spacial score (nSPS) is 15.7. The Morgan fingerprint density at radius 2 is 2.06 bits per heavy atom. The van der Waals surface area contributed by atoms with Gasteiger partial charge in [-0.15, -0.1) is 0 Å². The number of aliphatic hydroxyl groups excluding tert-OH is 1. The molecule has 0 atom stereocenters. The molecular weight excluding hydrogens is 220 g/mol. The summed E-state index contributed by atoms with van der Waals surface area (Å²) < 4.78 is 5.18. The third-order valence-electron chi connectivity index (χ3n) is 2.73. The van der Waals surface area contributed by atoms with Crippen molar-refractivity contribution in [2.24, 2.45) is 0 Å². The Bertz CT molecular complexity index is 389. The topological polar surface area (TPSA) is 61.8 Å². The maximum Gasteiger partial charge on any atom is 0.322 e. The van der Waals surface area contributed by atoms with Crippen molar-refractivity contribution in [3.05, 3.63) is 29.8 Å². The number of carbonyl (C=O) groups excluding carboxylic acids is 1. The molecule has 1 heterocycles. The molecule has 0 spiro atoms. The van der Waals surface area contributed by atoms with Gasteiger partial charge in [0.25, 0.3) is 0 Å². The molecule has 0 saturated carbocycles. The first-order valence-corrected chi connectivity index (χ1v) is 5.63. The summed E-state index contributed by atoms with van der Waals surface area (Å²) in [6.45, 7) is 2.28. The van der Waals surface area contributed by atoms with Crippen molar-refractivity contribution in [1.29, 1.82) is 0 Å². The van der Waals surface area contributed by atoms with Crippen LogP contribution in [0, 0.1) is 0 Å². The summed E-state index contributed by atoms with van der Waals surface area (Å²) in [6.07, 6.45) is 0. The molecule has 0 bridgehead atoms. The highest BCUT2D eigenvalue weighted by atomic mass is 16.5. The summed E-state index contributed by atoms with van der Waals surface area (Å²) in [5, 5.41) is 12.0. The van der Waals surface area contributed by atoms with Gasteiger partial charge in [0, 0.05) is 24.3 Å². The minimum atomic E-state index is -0.144. The Morgan fingerprint density at radius 3 is 2.76 bits per heavy atom. The molecular formula is C12H16N2O3. The highest BCUT2D eigenvalue weighted by Crippen LogP contribution is 2.15. The molecule has 1 aromatic carbocycles. The lowest BCUT2D eigenvalue weighted by Gasteiger charge is -2.27. The third kappa shape index (κ3) is 2.95. The lowest BCUT2D eigenvalue weighted by molar-refractivity contribution is 0.0564. The maximum atomic E-state index is 11.9. The number of amides is 2. The van der Waals surface area contributed by atoms with Gasteiger partial charge in [-0.05, 0) is 6.07 Å². The van der Waals surface area contributed by atoms with E-state index in [1.165, 1.54) is 0 Å². The maximum absolute atomic E-state index is 11.9. The van der Waals surface area contributed by atoms with Crippen LogP contribution in [0.4, 0.5) is 10.5 Å². The van der Waals surface area contributed by atoms with Crippen LogP contribution in [0.25, 0.3) is 0 Å². The van der Waals surface area contributed by atoms with Crippen LogP contribution in [0.3, 0.4) is 0 Å². The molecule has 0 radical (unpaired) electrons. The molecule has 17 heavy (non-hydrogen) atoms. The molecule has 1 fully saturated rings. The van der Waals surface area contributed by atoms with Crippen molar-refractivity contribution < 1.29 is 14.6 Å². The molecule has 5 heteroatoms. The number of aliphatic hydroxyl groups is 1. The predicted molar refractivity (Wildman–Crippen MR) is 63.8 cm³/mol. The molecule has 2 amide bonds. The number of hydrogen-bond acceptors (Lipinski definition) is 3. The number of anilines is 1. The number of hydrogen-bond donors (Lipinski definition) is 2. The lowest BCUT2D eigenvalue weighted by atomic mass is 10.2. The number of nitrogens with zero attached hydrogens (tertiary/aromatic N) is 1. The van der Waals surface area contributed by atoms with Crippen molar-refractivity contribution in [3.63, 3.8) is 0 Å². The number of benzene rings is 1. The summed E-state index contributed by atoms with van der Waals surface area (Å²) in [5.41, 5.74) is 1.38. The summed E-state index contributed by atoms with van der Waals surface area (Å²) in [6, 6.07) is 7.08. The second-order valence-corrected chi connectivity index (χ2v) is 3.84. The molecule has 0 aliphatic carbocycles. The molecule has 0 aromatic heterocycles. The van der Waals surface area contributed by atoms with Crippen molar-refractivity contribution in [1.82, 2.24) is 4.90 Å². The van der Waals surface area contributed by atoms with Gasteiger partial charge in [-0.2, -0.15) is 0 Å². The van der Waals surface area contributed by atoms with Crippen LogP contribution < -0.4 is 5.32 Å². The zero-order valence-electron chi connectivity index (χ0n) is 9.56. The Kier molecular flexibility index (Phi) is 3.95. The van der Waals surface area contributed by atoms with E-state index in [4.69, 9.17) is 9.84 Å². The van der Waals surface area contributed by atoms with Gasteiger partial charge in [0.2, 0.25) is 0 Å². The lowest BCUT2D eigenvalue weighted by Crippen LogP contribution is -2.43. The van der Waals surface area contributed by atoms with Crippen LogP contribution in [-0.4, -0.2) is 42.3 Å². The van der Waals surface area contributed by atoms with E-state index in [9.17, 15) is 4.79 Å². The van der Waals surface area contributed by atoms with Crippen molar-refractivity contribution in [2.45, 2.75) is 6.61 Å². The first-order valence-electron chi connectivity index (χ1n) is 5.63. The molecule has 1 aromatic rings. The van der Waals surface area contributed by atoms with Gasteiger partial charge in [-0.25, -0.2) is 4.79 Å². The number of carbonyl (C=O) groups is 1. The minimum absolute atomic E-state index is 0.0838. The number of rotatable bonds is 2. The number of ether oxygens (including phenoxy) is 1. The van der Waals surface area contributed by atoms with Gasteiger partial charge in [-0.3, -0.25) is 0 Å². The first kappa shape index (κ1) is 11.9. The summed E-state index contributed by atoms with van der Waals surface area (Å²) >= 11 is 0. The fraction of sp³-hybridized carbons (Fsp3) is 0.417. The van der Waals surface area contributed by atoms with Crippen LogP contribution in [0.5, 0.6) is 0 Å². The highest BCUT2D eigenvalue weighted by molar-refractivity contribution is 5.90. The van der Waals surface area contributed by atoms with E-state index in [0.29, 0.717) is 37.6 Å². The third-order valence-corrected chi connectivity index (χ3v) is 2.73. The summed E-state index contributed by atoms with van der Waals surface area (Å²) in [7, 11) is 0. The quantitative estimate of drug-likeness (QED) is 0.806. The zero-order chi connectivity index (χ0) is 12.1. The molecule has 92 valence electrons. The van der Waals surface area contributed by atoms with E-state index in [-0.39, 0.29) is 12.6 Å². The average Bonchev–Trinajstić information content (AvgIpc) is 2.40. The highest BCUT2D eigenvalue weighted by Gasteiger charge is 2.17. The summed E-state index contributed by atoms with van der Waals surface area (Å²) in [5.74, 6) is 0. The zero-order valence-corrected chi connectivity index (χ0v) is 9.56. The van der Waals surface area contributed by atoms with E-state index >= 15 is 0 Å². The SMILES string of the molecule is O=C(Nc1ccccc1CO)N1CCOCC1. The smallest absolute Gasteiger partial charge is 0.322 e. The van der Waals surface area contributed by atoms with Gasteiger partial charge >= 0.3 is 6.03 Å². The molecule has 2 N–H and O–H groups in total. The van der Waals surface area contributed by atoms with E-state index in [2.05, 4.69) is 5.32 Å². The average molecular weight is 236 g/mol. The van der Waals surface area contributed by atoms with Crippen LogP contribution in [0.2, 0.25) is 0 Å². The number of morpholine rings is 1. The molecule has 1 aliphatic heterocycles. The van der Waals surface area contributed by atoms with E-state index in [1.807, 2.05) is 12.1 Å². The molecule has 5 nitrogen and oxygen atoms in total. The fourth-order valence-corrected chi connectivity index (χ4v) is 1.74. The van der Waals surface area contributed by atoms with Gasteiger partial charge < -0.3 is 20.1 Å². The van der Waals surface area contributed by atoms with Crippen molar-refractivity contribution >= 4 is 11.7 Å². The Balaban J connectivity index is 2.01. The van der Waals surface area contributed by atoms with Gasteiger partial charge in [-0.1, -0.05) is 18.2 Å². The standard InChI is InChI=1S/C12H16N2O3/c15-9-10-3-1-2-4-11(10)13-12(16)14-5-7-17-8-6-14/h1-4,15H,5-9H2,(H,13,16). The number of urea groups is 1. The molecule has 1 aliphatic rings. The molecule has 2 rings (SSSR count). The Labute approximate surface area is 100.0 Å².